The molecule has 0 radical (unpaired) electrons. The lowest BCUT2D eigenvalue weighted by Crippen LogP contribution is -2.25. The summed E-state index contributed by atoms with van der Waals surface area (Å²) in [5.74, 6) is 0.609. The Kier molecular flexibility index (Phi) is 5.91. The molecule has 2 N–H and O–H groups in total. The first-order valence-corrected chi connectivity index (χ1v) is 9.92. The zero-order chi connectivity index (χ0) is 21.8. The fourth-order valence-corrected chi connectivity index (χ4v) is 3.29. The van der Waals surface area contributed by atoms with Crippen LogP contribution in [0.2, 0.25) is 5.02 Å². The standard InChI is InChI=1S/C24H19ClN2O4/c1-30-18-7-4-5-15(11-18)14-26-23(28)17-9-10-21-20(12-17)27-24(29)22(31-21)13-16-6-2-3-8-19(16)25/h2-13H,14H2,1H3,(H,26,28)(H,27,29). The van der Waals surface area contributed by atoms with E-state index >= 15 is 0 Å². The van der Waals surface area contributed by atoms with E-state index in [0.717, 1.165) is 11.3 Å². The van der Waals surface area contributed by atoms with Gasteiger partial charge in [0.25, 0.3) is 11.8 Å². The molecule has 0 spiro atoms. The number of halogens is 1. The second-order valence-corrected chi connectivity index (χ2v) is 7.24. The van der Waals surface area contributed by atoms with Crippen molar-refractivity contribution in [2.45, 2.75) is 6.54 Å². The fourth-order valence-electron chi connectivity index (χ4n) is 3.10. The molecule has 156 valence electrons. The van der Waals surface area contributed by atoms with Gasteiger partial charge in [0.2, 0.25) is 0 Å². The van der Waals surface area contributed by atoms with Crippen LogP contribution in [0.25, 0.3) is 6.08 Å². The average Bonchev–Trinajstić information content (AvgIpc) is 2.79. The minimum absolute atomic E-state index is 0.121. The van der Waals surface area contributed by atoms with Gasteiger partial charge in [-0.3, -0.25) is 9.59 Å². The number of anilines is 1. The number of nitrogens with one attached hydrogen (secondary N) is 2. The number of hydrogen-bond donors (Lipinski definition) is 2. The van der Waals surface area contributed by atoms with E-state index in [2.05, 4.69) is 10.6 Å². The summed E-state index contributed by atoms with van der Waals surface area (Å²) >= 11 is 6.15. The number of hydrogen-bond acceptors (Lipinski definition) is 4. The molecule has 0 bridgehead atoms. The van der Waals surface area contributed by atoms with Crippen LogP contribution < -0.4 is 20.1 Å². The molecule has 0 atom stereocenters. The van der Waals surface area contributed by atoms with Gasteiger partial charge in [0, 0.05) is 17.1 Å². The van der Waals surface area contributed by atoms with Crippen molar-refractivity contribution in [2.75, 3.05) is 12.4 Å². The highest BCUT2D eigenvalue weighted by Crippen LogP contribution is 2.33. The van der Waals surface area contributed by atoms with Crippen LogP contribution in [0.15, 0.2) is 72.5 Å². The molecule has 31 heavy (non-hydrogen) atoms. The maximum absolute atomic E-state index is 12.6. The Morgan fingerprint density at radius 3 is 2.77 bits per heavy atom. The lowest BCUT2D eigenvalue weighted by atomic mass is 10.1. The van der Waals surface area contributed by atoms with Gasteiger partial charge in [-0.1, -0.05) is 41.9 Å². The number of carbonyl (C=O) groups excluding carboxylic acids is 2. The zero-order valence-corrected chi connectivity index (χ0v) is 17.4. The third-order valence-electron chi connectivity index (χ3n) is 4.71. The number of rotatable bonds is 5. The van der Waals surface area contributed by atoms with Gasteiger partial charge in [0.05, 0.1) is 12.8 Å². The minimum Gasteiger partial charge on any atom is -0.497 e. The molecule has 0 aromatic heterocycles. The first-order chi connectivity index (χ1) is 15.0. The third kappa shape index (κ3) is 4.70. The molecule has 0 saturated carbocycles. The summed E-state index contributed by atoms with van der Waals surface area (Å²) in [5.41, 5.74) is 2.42. The van der Waals surface area contributed by atoms with Gasteiger partial charge in [0.15, 0.2) is 11.5 Å². The summed E-state index contributed by atoms with van der Waals surface area (Å²) in [6.07, 6.45) is 1.58. The van der Waals surface area contributed by atoms with Crippen molar-refractivity contribution in [3.05, 3.63) is 94.2 Å². The monoisotopic (exact) mass is 434 g/mol. The van der Waals surface area contributed by atoms with Crippen LogP contribution in [0.1, 0.15) is 21.5 Å². The summed E-state index contributed by atoms with van der Waals surface area (Å²) in [6.45, 7) is 0.348. The van der Waals surface area contributed by atoms with E-state index < -0.39 is 5.91 Å². The van der Waals surface area contributed by atoms with Crippen molar-refractivity contribution < 1.29 is 19.1 Å². The molecular weight excluding hydrogens is 416 g/mol. The molecule has 0 saturated heterocycles. The Bertz CT molecular complexity index is 1190. The first-order valence-electron chi connectivity index (χ1n) is 9.54. The van der Waals surface area contributed by atoms with E-state index in [0.29, 0.717) is 34.1 Å². The van der Waals surface area contributed by atoms with E-state index in [1.807, 2.05) is 36.4 Å². The highest BCUT2D eigenvalue weighted by Gasteiger charge is 2.23. The van der Waals surface area contributed by atoms with Gasteiger partial charge in [-0.2, -0.15) is 0 Å². The minimum atomic E-state index is -0.415. The smallest absolute Gasteiger partial charge is 0.291 e. The van der Waals surface area contributed by atoms with Crippen LogP contribution in [0.5, 0.6) is 11.5 Å². The van der Waals surface area contributed by atoms with Crippen LogP contribution in [-0.2, 0) is 11.3 Å². The molecule has 1 aliphatic rings. The molecule has 1 aliphatic heterocycles. The van der Waals surface area contributed by atoms with Crippen LogP contribution >= 0.6 is 11.6 Å². The molecular formula is C24H19ClN2O4. The van der Waals surface area contributed by atoms with Gasteiger partial charge in [-0.05, 0) is 53.6 Å². The predicted octanol–water partition coefficient (Wildman–Crippen LogP) is 4.65. The summed E-state index contributed by atoms with van der Waals surface area (Å²) in [4.78, 5) is 25.0. The molecule has 3 aromatic carbocycles. The largest absolute Gasteiger partial charge is 0.497 e. The normalized spacial score (nSPS) is 13.7. The van der Waals surface area contributed by atoms with Gasteiger partial charge in [0.1, 0.15) is 5.75 Å². The van der Waals surface area contributed by atoms with E-state index in [4.69, 9.17) is 21.1 Å². The topological polar surface area (TPSA) is 76.7 Å². The maximum Gasteiger partial charge on any atom is 0.291 e. The second-order valence-electron chi connectivity index (χ2n) is 6.83. The highest BCUT2D eigenvalue weighted by atomic mass is 35.5. The molecule has 6 nitrogen and oxygen atoms in total. The number of carbonyl (C=O) groups is 2. The van der Waals surface area contributed by atoms with Crippen molar-refractivity contribution in [3.63, 3.8) is 0 Å². The maximum atomic E-state index is 12.6. The van der Waals surface area contributed by atoms with Crippen molar-refractivity contribution in [1.82, 2.24) is 5.32 Å². The van der Waals surface area contributed by atoms with Crippen LogP contribution in [-0.4, -0.2) is 18.9 Å². The van der Waals surface area contributed by atoms with E-state index in [-0.39, 0.29) is 11.7 Å². The van der Waals surface area contributed by atoms with Crippen molar-refractivity contribution in [1.29, 1.82) is 0 Å². The predicted molar refractivity (Wildman–Crippen MR) is 119 cm³/mol. The number of benzene rings is 3. The van der Waals surface area contributed by atoms with Crippen molar-refractivity contribution in [2.24, 2.45) is 0 Å². The molecule has 1 heterocycles. The van der Waals surface area contributed by atoms with E-state index in [1.165, 1.54) is 0 Å². The number of ether oxygens (including phenoxy) is 2. The van der Waals surface area contributed by atoms with E-state index in [1.54, 1.807) is 43.5 Å². The lowest BCUT2D eigenvalue weighted by Gasteiger charge is -2.20. The molecule has 0 fully saturated rings. The Balaban J connectivity index is 1.48. The van der Waals surface area contributed by atoms with Gasteiger partial charge in [-0.25, -0.2) is 0 Å². The summed E-state index contributed by atoms with van der Waals surface area (Å²) in [6, 6.07) is 19.5. The SMILES string of the molecule is COc1cccc(CNC(=O)c2ccc3c(c2)NC(=O)C(=Cc2ccccc2Cl)O3)c1. The lowest BCUT2D eigenvalue weighted by molar-refractivity contribution is -0.115. The molecule has 4 rings (SSSR count). The van der Waals surface area contributed by atoms with Crippen LogP contribution in [0.3, 0.4) is 0 Å². The van der Waals surface area contributed by atoms with Crippen molar-refractivity contribution in [3.8, 4) is 11.5 Å². The molecule has 3 aromatic rings. The quantitative estimate of drug-likeness (QED) is 0.573. The Morgan fingerprint density at radius 1 is 1.13 bits per heavy atom. The van der Waals surface area contributed by atoms with Gasteiger partial charge >= 0.3 is 0 Å². The van der Waals surface area contributed by atoms with Crippen LogP contribution in [0, 0.1) is 0 Å². The Labute approximate surface area is 184 Å². The Morgan fingerprint density at radius 2 is 1.97 bits per heavy atom. The molecule has 2 amide bonds. The first kappa shape index (κ1) is 20.5. The van der Waals surface area contributed by atoms with Gasteiger partial charge in [-0.15, -0.1) is 0 Å². The number of methoxy groups -OCH3 is 1. The molecule has 0 unspecified atom stereocenters. The van der Waals surface area contributed by atoms with Crippen molar-refractivity contribution >= 4 is 35.2 Å². The fraction of sp³-hybridized carbons (Fsp3) is 0.0833. The second kappa shape index (κ2) is 8.93. The van der Waals surface area contributed by atoms with E-state index in [9.17, 15) is 9.59 Å². The Hall–Kier alpha value is -3.77. The number of fused-ring (bicyclic) bond motifs is 1. The molecule has 0 aliphatic carbocycles. The summed E-state index contributed by atoms with van der Waals surface area (Å²) < 4.78 is 10.9. The highest BCUT2D eigenvalue weighted by molar-refractivity contribution is 6.32. The average molecular weight is 435 g/mol. The third-order valence-corrected chi connectivity index (χ3v) is 5.06. The molecule has 7 heteroatoms. The van der Waals surface area contributed by atoms with Gasteiger partial charge < -0.3 is 20.1 Å². The summed E-state index contributed by atoms with van der Waals surface area (Å²) in [5, 5.41) is 6.13. The van der Waals surface area contributed by atoms with Crippen LogP contribution in [0.4, 0.5) is 5.69 Å². The number of amides is 2. The zero-order valence-electron chi connectivity index (χ0n) is 16.6. The summed E-state index contributed by atoms with van der Waals surface area (Å²) in [7, 11) is 1.59.